The Balaban J connectivity index is 2.25. The fourth-order valence-electron chi connectivity index (χ4n) is 2.75. The van der Waals surface area contributed by atoms with E-state index in [4.69, 9.17) is 9.47 Å². The Morgan fingerprint density at radius 1 is 0.680 bits per heavy atom. The van der Waals surface area contributed by atoms with E-state index in [0.717, 1.165) is 5.56 Å². The van der Waals surface area contributed by atoms with Crippen LogP contribution in [0.5, 0.6) is 28.7 Å². The van der Waals surface area contributed by atoms with Gasteiger partial charge in [-0.2, -0.15) is 0 Å². The van der Waals surface area contributed by atoms with E-state index in [2.05, 4.69) is 0 Å². The van der Waals surface area contributed by atoms with Crippen LogP contribution >= 0.6 is 0 Å². The predicted molar refractivity (Wildman–Crippen MR) is 95.4 cm³/mol. The van der Waals surface area contributed by atoms with E-state index in [1.807, 2.05) is 0 Å². The minimum absolute atomic E-state index is 0.0305. The maximum atomic E-state index is 10.7. The molecule has 0 bridgehead atoms. The lowest BCUT2D eigenvalue weighted by molar-refractivity contribution is 0.368. The van der Waals surface area contributed by atoms with Crippen molar-refractivity contribution < 1.29 is 24.8 Å². The lowest BCUT2D eigenvalue weighted by Crippen LogP contribution is -1.96. The number of rotatable bonds is 4. The van der Waals surface area contributed by atoms with Gasteiger partial charge in [0, 0.05) is 5.56 Å². The molecule has 0 fully saturated rings. The number of ether oxygens (including phenoxy) is 2. The highest BCUT2D eigenvalue weighted by molar-refractivity contribution is 5.87. The molecule has 0 radical (unpaired) electrons. The molecule has 3 N–H and O–H groups in total. The number of methoxy groups -OCH3 is 2. The van der Waals surface area contributed by atoms with Crippen molar-refractivity contribution in [3.63, 3.8) is 0 Å². The lowest BCUT2D eigenvalue weighted by atomic mass is 9.96. The van der Waals surface area contributed by atoms with Gasteiger partial charge in [0.15, 0.2) is 11.5 Å². The summed E-state index contributed by atoms with van der Waals surface area (Å²) >= 11 is 0. The molecule has 3 rings (SSSR count). The fourth-order valence-corrected chi connectivity index (χ4v) is 2.75. The molecule has 3 aromatic rings. The van der Waals surface area contributed by atoms with Crippen LogP contribution in [0.2, 0.25) is 0 Å². The van der Waals surface area contributed by atoms with Crippen LogP contribution < -0.4 is 9.47 Å². The predicted octanol–water partition coefficient (Wildman–Crippen LogP) is 4.15. The second-order valence-corrected chi connectivity index (χ2v) is 5.48. The number of benzene rings is 3. The summed E-state index contributed by atoms with van der Waals surface area (Å²) in [7, 11) is 3.01. The first-order valence-corrected chi connectivity index (χ1v) is 7.62. The number of phenolic OH excluding ortho intramolecular Hbond substituents is 3. The maximum Gasteiger partial charge on any atom is 0.172 e. The van der Waals surface area contributed by atoms with E-state index in [0.29, 0.717) is 22.4 Å². The van der Waals surface area contributed by atoms with Crippen LogP contribution in [-0.4, -0.2) is 29.5 Å². The number of aromatic hydroxyl groups is 3. The third kappa shape index (κ3) is 3.04. The van der Waals surface area contributed by atoms with Gasteiger partial charge in [-0.25, -0.2) is 0 Å². The lowest BCUT2D eigenvalue weighted by Gasteiger charge is -2.18. The summed E-state index contributed by atoms with van der Waals surface area (Å²) in [5.74, 6) is 1.04. The van der Waals surface area contributed by atoms with Crippen LogP contribution in [0.1, 0.15) is 0 Å². The van der Waals surface area contributed by atoms with E-state index in [1.54, 1.807) is 54.6 Å². The average Bonchev–Trinajstić information content (AvgIpc) is 2.63. The second kappa shape index (κ2) is 6.65. The van der Waals surface area contributed by atoms with Gasteiger partial charge in [-0.15, -0.1) is 0 Å². The van der Waals surface area contributed by atoms with Crippen LogP contribution in [0.3, 0.4) is 0 Å². The van der Waals surface area contributed by atoms with Gasteiger partial charge in [-0.1, -0.05) is 24.3 Å². The molecular weight excluding hydrogens is 320 g/mol. The van der Waals surface area contributed by atoms with Crippen LogP contribution in [0, 0.1) is 0 Å². The van der Waals surface area contributed by atoms with Gasteiger partial charge < -0.3 is 24.8 Å². The summed E-state index contributed by atoms with van der Waals surface area (Å²) in [6.07, 6.45) is 0. The molecule has 0 aromatic heterocycles. The summed E-state index contributed by atoms with van der Waals surface area (Å²) in [6, 6.07) is 14.7. The standard InChI is InChI=1S/C20H18O5/c1-24-17-11-16(12-3-7-14(21)8-4-12)19(23)20(25-2)18(17)13-5-9-15(22)10-6-13/h3-11,21-23H,1-2H3. The van der Waals surface area contributed by atoms with Gasteiger partial charge in [0.25, 0.3) is 0 Å². The minimum Gasteiger partial charge on any atom is -0.508 e. The molecule has 0 heterocycles. The first-order chi connectivity index (χ1) is 12.0. The Hall–Kier alpha value is -3.34. The quantitative estimate of drug-likeness (QED) is 0.666. The monoisotopic (exact) mass is 338 g/mol. The fraction of sp³-hybridized carbons (Fsp3) is 0.100. The number of hydrogen-bond acceptors (Lipinski definition) is 5. The van der Waals surface area contributed by atoms with Crippen LogP contribution in [0.4, 0.5) is 0 Å². The number of hydrogen-bond donors (Lipinski definition) is 3. The zero-order valence-corrected chi connectivity index (χ0v) is 13.9. The Labute approximate surface area is 145 Å². The van der Waals surface area contributed by atoms with Crippen LogP contribution in [0.15, 0.2) is 54.6 Å². The third-order valence-corrected chi connectivity index (χ3v) is 3.98. The van der Waals surface area contributed by atoms with Crippen molar-refractivity contribution in [1.29, 1.82) is 0 Å². The molecular formula is C20H18O5. The van der Waals surface area contributed by atoms with Crippen molar-refractivity contribution in [2.24, 2.45) is 0 Å². The molecule has 0 aliphatic carbocycles. The van der Waals surface area contributed by atoms with Crippen molar-refractivity contribution in [2.45, 2.75) is 0 Å². The summed E-state index contributed by atoms with van der Waals surface area (Å²) in [5, 5.41) is 29.7. The molecule has 0 saturated heterocycles. The summed E-state index contributed by atoms with van der Waals surface area (Å²) in [5.41, 5.74) is 2.56. The second-order valence-electron chi connectivity index (χ2n) is 5.48. The first-order valence-electron chi connectivity index (χ1n) is 7.62. The summed E-state index contributed by atoms with van der Waals surface area (Å²) < 4.78 is 11.0. The minimum atomic E-state index is -0.0305. The van der Waals surface area contributed by atoms with E-state index in [1.165, 1.54) is 14.2 Å². The van der Waals surface area contributed by atoms with E-state index >= 15 is 0 Å². The summed E-state index contributed by atoms with van der Waals surface area (Å²) in [6.45, 7) is 0. The maximum absolute atomic E-state index is 10.7. The van der Waals surface area contributed by atoms with E-state index in [9.17, 15) is 15.3 Å². The normalized spacial score (nSPS) is 10.5. The highest BCUT2D eigenvalue weighted by atomic mass is 16.5. The van der Waals surface area contributed by atoms with Crippen molar-refractivity contribution in [2.75, 3.05) is 14.2 Å². The number of phenols is 3. The van der Waals surface area contributed by atoms with Gasteiger partial charge in [-0.05, 0) is 41.5 Å². The SMILES string of the molecule is COc1cc(-c2ccc(O)cc2)c(O)c(OC)c1-c1ccc(O)cc1. The Morgan fingerprint density at radius 3 is 1.68 bits per heavy atom. The largest absolute Gasteiger partial charge is 0.508 e. The smallest absolute Gasteiger partial charge is 0.172 e. The van der Waals surface area contributed by atoms with E-state index < -0.39 is 0 Å². The molecule has 5 heteroatoms. The first kappa shape index (κ1) is 16.5. The van der Waals surface area contributed by atoms with Gasteiger partial charge in [0.05, 0.1) is 19.8 Å². The van der Waals surface area contributed by atoms with E-state index in [-0.39, 0.29) is 23.0 Å². The topological polar surface area (TPSA) is 79.2 Å². The highest BCUT2D eigenvalue weighted by Gasteiger charge is 2.21. The zero-order chi connectivity index (χ0) is 18.0. The molecule has 0 unspecified atom stereocenters. The Kier molecular flexibility index (Phi) is 4.39. The Morgan fingerprint density at radius 2 is 1.20 bits per heavy atom. The van der Waals surface area contributed by atoms with Crippen LogP contribution in [-0.2, 0) is 0 Å². The average molecular weight is 338 g/mol. The van der Waals surface area contributed by atoms with Gasteiger partial charge in [0.2, 0.25) is 0 Å². The summed E-state index contributed by atoms with van der Waals surface area (Å²) in [4.78, 5) is 0. The molecule has 0 spiro atoms. The highest BCUT2D eigenvalue weighted by Crippen LogP contribution is 2.49. The molecule has 0 atom stereocenters. The van der Waals surface area contributed by atoms with Crippen molar-refractivity contribution in [3.8, 4) is 51.0 Å². The molecule has 0 amide bonds. The molecule has 128 valence electrons. The van der Waals surface area contributed by atoms with Gasteiger partial charge in [-0.3, -0.25) is 0 Å². The van der Waals surface area contributed by atoms with Crippen molar-refractivity contribution in [3.05, 3.63) is 54.6 Å². The van der Waals surface area contributed by atoms with Crippen LogP contribution in [0.25, 0.3) is 22.3 Å². The molecule has 5 nitrogen and oxygen atoms in total. The molecule has 3 aromatic carbocycles. The molecule has 0 aliphatic rings. The van der Waals surface area contributed by atoms with Crippen molar-refractivity contribution >= 4 is 0 Å². The van der Waals surface area contributed by atoms with Gasteiger partial charge >= 0.3 is 0 Å². The van der Waals surface area contributed by atoms with Gasteiger partial charge in [0.1, 0.15) is 17.2 Å². The Bertz CT molecular complexity index is 883. The molecule has 25 heavy (non-hydrogen) atoms. The third-order valence-electron chi connectivity index (χ3n) is 3.98. The molecule has 0 aliphatic heterocycles. The van der Waals surface area contributed by atoms with Crippen molar-refractivity contribution in [1.82, 2.24) is 0 Å². The molecule has 0 saturated carbocycles. The zero-order valence-electron chi connectivity index (χ0n) is 13.9.